The maximum Gasteiger partial charge on any atom is 0.263 e. The molecule has 3 aromatic rings. The summed E-state index contributed by atoms with van der Waals surface area (Å²) in [7, 11) is 1.59. The number of nitrogens with one attached hydrogen (secondary N) is 1. The summed E-state index contributed by atoms with van der Waals surface area (Å²) in [6, 6.07) is 7.27. The van der Waals surface area contributed by atoms with Crippen LogP contribution in [0, 0.1) is 0 Å². The van der Waals surface area contributed by atoms with Gasteiger partial charge in [-0.05, 0) is 63.1 Å². The normalized spacial score (nSPS) is 18.6. The third-order valence-electron chi connectivity index (χ3n) is 6.44. The Morgan fingerprint density at radius 1 is 1.35 bits per heavy atom. The Bertz CT molecular complexity index is 1260. The highest BCUT2D eigenvalue weighted by molar-refractivity contribution is 8.00. The second kappa shape index (κ2) is 10.1. The van der Waals surface area contributed by atoms with Crippen molar-refractivity contribution in [3.05, 3.63) is 45.1 Å². The Hall–Kier alpha value is -2.36. The Morgan fingerprint density at radius 3 is 3.00 bits per heavy atom. The van der Waals surface area contributed by atoms with Crippen LogP contribution in [0.5, 0.6) is 5.75 Å². The van der Waals surface area contributed by atoms with Gasteiger partial charge in [0.05, 0.1) is 30.4 Å². The van der Waals surface area contributed by atoms with Crippen molar-refractivity contribution in [3.63, 3.8) is 0 Å². The van der Waals surface area contributed by atoms with Gasteiger partial charge in [0, 0.05) is 23.2 Å². The molecule has 1 saturated heterocycles. The molecule has 1 amide bonds. The van der Waals surface area contributed by atoms with Gasteiger partial charge >= 0.3 is 0 Å². The highest BCUT2D eigenvalue weighted by Crippen LogP contribution is 2.35. The summed E-state index contributed by atoms with van der Waals surface area (Å²) < 4.78 is 12.8. The van der Waals surface area contributed by atoms with Crippen LogP contribution >= 0.6 is 23.1 Å². The molecule has 0 spiro atoms. The Morgan fingerprint density at radius 2 is 2.21 bits per heavy atom. The van der Waals surface area contributed by atoms with Gasteiger partial charge in [-0.1, -0.05) is 17.8 Å². The highest BCUT2D eigenvalue weighted by Gasteiger charge is 2.26. The number of aryl methyl sites for hydroxylation is 2. The molecule has 3 heterocycles. The van der Waals surface area contributed by atoms with E-state index in [0.29, 0.717) is 23.1 Å². The van der Waals surface area contributed by atoms with Crippen molar-refractivity contribution >= 4 is 44.9 Å². The van der Waals surface area contributed by atoms with Crippen molar-refractivity contribution in [1.82, 2.24) is 9.55 Å². The third kappa shape index (κ3) is 4.74. The van der Waals surface area contributed by atoms with Crippen molar-refractivity contribution in [3.8, 4) is 5.75 Å². The van der Waals surface area contributed by atoms with Gasteiger partial charge in [0.1, 0.15) is 10.6 Å². The van der Waals surface area contributed by atoms with Gasteiger partial charge in [0.2, 0.25) is 5.91 Å². The predicted octanol–water partition coefficient (Wildman–Crippen LogP) is 4.64. The molecule has 2 atom stereocenters. The number of nitrogens with zero attached hydrogens (tertiary/aromatic N) is 2. The molecule has 2 aliphatic rings. The molecular formula is C25H29N3O4S2. The number of rotatable bonds is 7. The third-order valence-corrected chi connectivity index (χ3v) is 8.71. The van der Waals surface area contributed by atoms with Crippen molar-refractivity contribution in [2.24, 2.45) is 0 Å². The zero-order chi connectivity index (χ0) is 23.7. The number of carbonyl (C=O) groups excluding carboxylic acids is 1. The van der Waals surface area contributed by atoms with E-state index >= 15 is 0 Å². The number of methoxy groups -OCH3 is 1. The number of hydrogen-bond acceptors (Lipinski definition) is 7. The van der Waals surface area contributed by atoms with E-state index in [9.17, 15) is 9.59 Å². The summed E-state index contributed by atoms with van der Waals surface area (Å²) in [5.74, 6) is 0.527. The minimum absolute atomic E-state index is 0.00260. The first-order valence-corrected chi connectivity index (χ1v) is 13.5. The standard InChI is InChI=1S/C25H29N3O4S2/c1-15(22(29)26-16-7-5-8-17(13-16)31-2)33-25-27-23-21(19-10-3-4-11-20(19)34-23)24(30)28(25)14-18-9-6-12-32-18/h5,7-8,13,15,18H,3-4,6,9-12,14H2,1-2H3,(H,26,29). The molecule has 180 valence electrons. The molecule has 9 heteroatoms. The molecule has 1 aliphatic heterocycles. The van der Waals surface area contributed by atoms with E-state index in [1.807, 2.05) is 25.1 Å². The summed E-state index contributed by atoms with van der Waals surface area (Å²) in [5, 5.41) is 3.86. The van der Waals surface area contributed by atoms with Crippen molar-refractivity contribution in [1.29, 1.82) is 0 Å². The second-order valence-corrected chi connectivity index (χ2v) is 11.2. The number of anilines is 1. The summed E-state index contributed by atoms with van der Waals surface area (Å²) >= 11 is 2.96. The van der Waals surface area contributed by atoms with Crippen LogP contribution in [0.4, 0.5) is 5.69 Å². The minimum atomic E-state index is -0.444. The first-order chi connectivity index (χ1) is 16.5. The fourth-order valence-electron chi connectivity index (χ4n) is 4.62. The molecule has 5 rings (SSSR count). The van der Waals surface area contributed by atoms with E-state index in [1.165, 1.54) is 22.2 Å². The van der Waals surface area contributed by atoms with E-state index in [0.717, 1.165) is 55.3 Å². The fraction of sp³-hybridized carbons (Fsp3) is 0.480. The highest BCUT2D eigenvalue weighted by atomic mass is 32.2. The summed E-state index contributed by atoms with van der Waals surface area (Å²) in [4.78, 5) is 33.7. The maximum atomic E-state index is 13.7. The van der Waals surface area contributed by atoms with Crippen LogP contribution in [0.1, 0.15) is 43.0 Å². The van der Waals surface area contributed by atoms with Crippen LogP contribution < -0.4 is 15.6 Å². The molecule has 1 N–H and O–H groups in total. The molecule has 0 saturated carbocycles. The largest absolute Gasteiger partial charge is 0.497 e. The lowest BCUT2D eigenvalue weighted by molar-refractivity contribution is -0.115. The first-order valence-electron chi connectivity index (χ1n) is 11.8. The number of aromatic nitrogens is 2. The van der Waals surface area contributed by atoms with Crippen molar-refractivity contribution in [2.45, 2.75) is 68.5 Å². The number of amides is 1. The van der Waals surface area contributed by atoms with Gasteiger partial charge in [-0.2, -0.15) is 0 Å². The number of thiophene rings is 1. The van der Waals surface area contributed by atoms with Crippen LogP contribution in [0.3, 0.4) is 0 Å². The second-order valence-electron chi connectivity index (χ2n) is 8.82. The molecule has 1 aromatic carbocycles. The molecule has 0 radical (unpaired) electrons. The van der Waals surface area contributed by atoms with E-state index in [-0.39, 0.29) is 17.6 Å². The number of benzene rings is 1. The lowest BCUT2D eigenvalue weighted by atomic mass is 9.97. The minimum Gasteiger partial charge on any atom is -0.497 e. The first kappa shape index (κ1) is 23.4. The molecule has 7 nitrogen and oxygen atoms in total. The summed E-state index contributed by atoms with van der Waals surface area (Å²) in [5.41, 5.74) is 1.86. The van der Waals surface area contributed by atoms with Crippen molar-refractivity contribution < 1.29 is 14.3 Å². The fourth-order valence-corrected chi connectivity index (χ4v) is 6.84. The number of hydrogen-bond donors (Lipinski definition) is 1. The molecular weight excluding hydrogens is 470 g/mol. The number of carbonyl (C=O) groups is 1. The number of thioether (sulfide) groups is 1. The van der Waals surface area contributed by atoms with E-state index < -0.39 is 5.25 Å². The van der Waals surface area contributed by atoms with E-state index in [1.54, 1.807) is 29.1 Å². The summed E-state index contributed by atoms with van der Waals surface area (Å²) in [6.07, 6.45) is 6.18. The zero-order valence-corrected chi connectivity index (χ0v) is 21.1. The van der Waals surface area contributed by atoms with Crippen LogP contribution in [0.2, 0.25) is 0 Å². The number of fused-ring (bicyclic) bond motifs is 3. The average Bonchev–Trinajstić information content (AvgIpc) is 3.49. The van der Waals surface area contributed by atoms with Crippen molar-refractivity contribution in [2.75, 3.05) is 19.0 Å². The maximum absolute atomic E-state index is 13.7. The Labute approximate surface area is 206 Å². The lowest BCUT2D eigenvalue weighted by Gasteiger charge is -2.18. The Kier molecular flexibility index (Phi) is 6.94. The molecule has 2 aromatic heterocycles. The zero-order valence-electron chi connectivity index (χ0n) is 19.5. The van der Waals surface area contributed by atoms with E-state index in [2.05, 4.69) is 5.32 Å². The topological polar surface area (TPSA) is 82.5 Å². The van der Waals surface area contributed by atoms with Gasteiger partial charge in [0.15, 0.2) is 5.16 Å². The van der Waals surface area contributed by atoms with Crippen LogP contribution in [0.15, 0.2) is 34.2 Å². The molecule has 1 aliphatic carbocycles. The van der Waals surface area contributed by atoms with E-state index in [4.69, 9.17) is 14.5 Å². The molecule has 2 unspecified atom stereocenters. The van der Waals surface area contributed by atoms with Gasteiger partial charge in [-0.15, -0.1) is 11.3 Å². The van der Waals surface area contributed by atoms with Crippen LogP contribution in [-0.2, 0) is 28.9 Å². The SMILES string of the molecule is COc1cccc(NC(=O)C(C)Sc2nc3sc4c(c3c(=O)n2CC2CCCO2)CCCC4)c1. The molecule has 1 fully saturated rings. The van der Waals surface area contributed by atoms with Crippen LogP contribution in [-0.4, -0.2) is 40.5 Å². The smallest absolute Gasteiger partial charge is 0.263 e. The van der Waals surface area contributed by atoms with Gasteiger partial charge in [-0.3, -0.25) is 14.2 Å². The Balaban J connectivity index is 1.45. The molecule has 0 bridgehead atoms. The van der Waals surface area contributed by atoms with Gasteiger partial charge < -0.3 is 14.8 Å². The monoisotopic (exact) mass is 499 g/mol. The number of ether oxygens (including phenoxy) is 2. The molecule has 34 heavy (non-hydrogen) atoms. The van der Waals surface area contributed by atoms with Gasteiger partial charge in [-0.25, -0.2) is 4.98 Å². The average molecular weight is 500 g/mol. The predicted molar refractivity (Wildman–Crippen MR) is 136 cm³/mol. The summed E-state index contributed by atoms with van der Waals surface area (Å²) in [6.45, 7) is 3.04. The van der Waals surface area contributed by atoms with Crippen LogP contribution in [0.25, 0.3) is 10.2 Å². The van der Waals surface area contributed by atoms with Gasteiger partial charge in [0.25, 0.3) is 5.56 Å². The lowest BCUT2D eigenvalue weighted by Crippen LogP contribution is -2.30. The quantitative estimate of drug-likeness (QED) is 0.377.